The zero-order valence-corrected chi connectivity index (χ0v) is 10.8. The van der Waals surface area contributed by atoms with Crippen LogP contribution in [-0.2, 0) is 9.05 Å². The molecule has 1 aliphatic carbocycles. The van der Waals surface area contributed by atoms with E-state index < -0.39 is 9.05 Å². The summed E-state index contributed by atoms with van der Waals surface area (Å²) in [5.74, 6) is 0. The molecular weight excluding hydrogens is 248 g/mol. The zero-order chi connectivity index (χ0) is 11.8. The molecule has 0 spiro atoms. The molecule has 0 bridgehead atoms. The van der Waals surface area contributed by atoms with Crippen molar-refractivity contribution >= 4 is 19.7 Å². The van der Waals surface area contributed by atoms with Crippen LogP contribution in [0.15, 0.2) is 11.1 Å². The molecule has 4 nitrogen and oxygen atoms in total. The molecule has 0 unspecified atom stereocenters. The maximum absolute atomic E-state index is 11.3. The summed E-state index contributed by atoms with van der Waals surface area (Å²) in [6, 6.07) is 0.334. The SMILES string of the molecule is Cc1c(S(=O)(=O)Cl)cnn1C1CCCCC1. The lowest BCUT2D eigenvalue weighted by Crippen LogP contribution is -2.15. The molecule has 0 amide bonds. The van der Waals surface area contributed by atoms with Crippen LogP contribution in [0.5, 0.6) is 0 Å². The van der Waals surface area contributed by atoms with Gasteiger partial charge in [0.1, 0.15) is 4.90 Å². The van der Waals surface area contributed by atoms with E-state index in [0.29, 0.717) is 11.7 Å². The van der Waals surface area contributed by atoms with E-state index in [9.17, 15) is 8.42 Å². The van der Waals surface area contributed by atoms with Gasteiger partial charge in [-0.2, -0.15) is 5.10 Å². The quantitative estimate of drug-likeness (QED) is 0.770. The lowest BCUT2D eigenvalue weighted by atomic mass is 9.95. The maximum Gasteiger partial charge on any atom is 0.264 e. The maximum atomic E-state index is 11.3. The van der Waals surface area contributed by atoms with Gasteiger partial charge in [0.15, 0.2) is 0 Å². The van der Waals surface area contributed by atoms with Crippen molar-refractivity contribution in [1.29, 1.82) is 0 Å². The first-order valence-electron chi connectivity index (χ1n) is 5.49. The highest BCUT2D eigenvalue weighted by Crippen LogP contribution is 2.30. The van der Waals surface area contributed by atoms with Gasteiger partial charge in [-0.3, -0.25) is 4.68 Å². The van der Waals surface area contributed by atoms with Crippen LogP contribution >= 0.6 is 10.7 Å². The molecule has 6 heteroatoms. The van der Waals surface area contributed by atoms with E-state index in [4.69, 9.17) is 10.7 Å². The molecule has 90 valence electrons. The van der Waals surface area contributed by atoms with Crippen LogP contribution in [0, 0.1) is 6.92 Å². The topological polar surface area (TPSA) is 52.0 Å². The minimum absolute atomic E-state index is 0.139. The normalized spacial score (nSPS) is 18.9. The number of rotatable bonds is 2. The Labute approximate surface area is 100 Å². The summed E-state index contributed by atoms with van der Waals surface area (Å²) in [5, 5.41) is 4.16. The van der Waals surface area contributed by atoms with Crippen molar-refractivity contribution < 1.29 is 8.42 Å². The summed E-state index contributed by atoms with van der Waals surface area (Å²) < 4.78 is 24.3. The highest BCUT2D eigenvalue weighted by atomic mass is 35.7. The first-order valence-corrected chi connectivity index (χ1v) is 7.80. The van der Waals surface area contributed by atoms with Crippen LogP contribution in [0.1, 0.15) is 43.8 Å². The fourth-order valence-electron chi connectivity index (χ4n) is 2.34. The Kier molecular flexibility index (Phi) is 3.26. The van der Waals surface area contributed by atoms with Gasteiger partial charge >= 0.3 is 0 Å². The highest BCUT2D eigenvalue weighted by Gasteiger charge is 2.23. The second kappa shape index (κ2) is 4.37. The number of hydrogen-bond acceptors (Lipinski definition) is 3. The van der Waals surface area contributed by atoms with Gasteiger partial charge in [0.2, 0.25) is 0 Å². The first kappa shape index (κ1) is 11.9. The Morgan fingerprint density at radius 3 is 2.50 bits per heavy atom. The van der Waals surface area contributed by atoms with Gasteiger partial charge in [0.25, 0.3) is 9.05 Å². The standard InChI is InChI=1S/C10H15ClN2O2S/c1-8-10(16(11,14)15)7-12-13(8)9-5-3-2-4-6-9/h7,9H,2-6H2,1H3. The Morgan fingerprint density at radius 2 is 2.00 bits per heavy atom. The Bertz CT molecular complexity index is 475. The van der Waals surface area contributed by atoms with E-state index in [1.807, 2.05) is 4.68 Å². The molecule has 0 N–H and O–H groups in total. The van der Waals surface area contributed by atoms with E-state index in [0.717, 1.165) is 12.8 Å². The summed E-state index contributed by atoms with van der Waals surface area (Å²) in [4.78, 5) is 0.139. The number of aromatic nitrogens is 2. The molecule has 1 aromatic heterocycles. The second-order valence-corrected chi connectivity index (χ2v) is 6.80. The van der Waals surface area contributed by atoms with Crippen LogP contribution in [-0.4, -0.2) is 18.2 Å². The summed E-state index contributed by atoms with van der Waals surface area (Å²) in [7, 11) is 1.67. The lowest BCUT2D eigenvalue weighted by molar-refractivity contribution is 0.324. The minimum atomic E-state index is -3.66. The van der Waals surface area contributed by atoms with Crippen molar-refractivity contribution in [2.45, 2.75) is 50.0 Å². The lowest BCUT2D eigenvalue weighted by Gasteiger charge is -2.23. The fourth-order valence-corrected chi connectivity index (χ4v) is 3.41. The molecule has 16 heavy (non-hydrogen) atoms. The summed E-state index contributed by atoms with van der Waals surface area (Å²) in [6.45, 7) is 1.76. The van der Waals surface area contributed by atoms with Gasteiger partial charge in [0.05, 0.1) is 17.9 Å². The van der Waals surface area contributed by atoms with Crippen molar-refractivity contribution in [3.8, 4) is 0 Å². The summed E-state index contributed by atoms with van der Waals surface area (Å²) in [5.41, 5.74) is 0.655. The van der Waals surface area contributed by atoms with E-state index >= 15 is 0 Å². The third kappa shape index (κ3) is 2.25. The predicted molar refractivity (Wildman–Crippen MR) is 62.1 cm³/mol. The van der Waals surface area contributed by atoms with Crippen molar-refractivity contribution in [1.82, 2.24) is 9.78 Å². The van der Waals surface area contributed by atoms with E-state index in [2.05, 4.69) is 5.10 Å². The van der Waals surface area contributed by atoms with Crippen LogP contribution in [0.3, 0.4) is 0 Å². The third-order valence-electron chi connectivity index (χ3n) is 3.18. The van der Waals surface area contributed by atoms with Crippen LogP contribution < -0.4 is 0 Å². The molecule has 0 aliphatic heterocycles. The molecule has 1 saturated carbocycles. The molecule has 1 fully saturated rings. The molecule has 0 radical (unpaired) electrons. The highest BCUT2D eigenvalue weighted by molar-refractivity contribution is 8.13. The summed E-state index contributed by atoms with van der Waals surface area (Å²) in [6.07, 6.45) is 7.14. The Balaban J connectivity index is 2.33. The molecule has 1 heterocycles. The van der Waals surface area contributed by atoms with Crippen molar-refractivity contribution in [3.05, 3.63) is 11.9 Å². The third-order valence-corrected chi connectivity index (χ3v) is 4.61. The van der Waals surface area contributed by atoms with Gasteiger partial charge < -0.3 is 0 Å². The molecule has 1 aromatic rings. The van der Waals surface area contributed by atoms with Crippen molar-refractivity contribution in [2.75, 3.05) is 0 Å². The number of halogens is 1. The van der Waals surface area contributed by atoms with Gasteiger partial charge in [0, 0.05) is 10.7 Å². The second-order valence-electron chi connectivity index (χ2n) is 4.27. The van der Waals surface area contributed by atoms with Gasteiger partial charge in [-0.15, -0.1) is 0 Å². The van der Waals surface area contributed by atoms with Gasteiger partial charge in [-0.1, -0.05) is 19.3 Å². The average molecular weight is 263 g/mol. The number of hydrogen-bond donors (Lipinski definition) is 0. The molecule has 0 aromatic carbocycles. The smallest absolute Gasteiger partial charge is 0.264 e. The van der Waals surface area contributed by atoms with Gasteiger partial charge in [-0.05, 0) is 19.8 Å². The van der Waals surface area contributed by atoms with Crippen molar-refractivity contribution in [2.24, 2.45) is 0 Å². The average Bonchev–Trinajstić information content (AvgIpc) is 2.61. The number of nitrogens with zero attached hydrogens (tertiary/aromatic N) is 2. The Hall–Kier alpha value is -0.550. The van der Waals surface area contributed by atoms with E-state index in [1.54, 1.807) is 6.92 Å². The van der Waals surface area contributed by atoms with Crippen LogP contribution in [0.2, 0.25) is 0 Å². The van der Waals surface area contributed by atoms with Crippen LogP contribution in [0.4, 0.5) is 0 Å². The van der Waals surface area contributed by atoms with Crippen molar-refractivity contribution in [3.63, 3.8) is 0 Å². The fraction of sp³-hybridized carbons (Fsp3) is 0.700. The largest absolute Gasteiger partial charge is 0.265 e. The molecule has 0 saturated heterocycles. The predicted octanol–water partition coefficient (Wildman–Crippen LogP) is 2.62. The minimum Gasteiger partial charge on any atom is -0.265 e. The van der Waals surface area contributed by atoms with E-state index in [-0.39, 0.29) is 4.90 Å². The van der Waals surface area contributed by atoms with Crippen LogP contribution in [0.25, 0.3) is 0 Å². The summed E-state index contributed by atoms with van der Waals surface area (Å²) >= 11 is 0. The Morgan fingerprint density at radius 1 is 1.38 bits per heavy atom. The van der Waals surface area contributed by atoms with Gasteiger partial charge in [-0.25, -0.2) is 8.42 Å². The zero-order valence-electron chi connectivity index (χ0n) is 9.19. The van der Waals surface area contributed by atoms with E-state index in [1.165, 1.54) is 25.5 Å². The monoisotopic (exact) mass is 262 g/mol. The molecule has 1 aliphatic rings. The molecule has 2 rings (SSSR count). The molecule has 0 atom stereocenters. The first-order chi connectivity index (χ1) is 7.50. The molecular formula is C10H15ClN2O2S.